The first kappa shape index (κ1) is 14.0. The lowest BCUT2D eigenvalue weighted by atomic mass is 9.82. The highest BCUT2D eigenvalue weighted by atomic mass is 16.2. The summed E-state index contributed by atoms with van der Waals surface area (Å²) in [5.41, 5.74) is 0.647. The Morgan fingerprint density at radius 1 is 1.26 bits per heavy atom. The van der Waals surface area contributed by atoms with Crippen LogP contribution in [0, 0.1) is 11.8 Å². The lowest BCUT2D eigenvalue weighted by molar-refractivity contribution is -0.138. The topological polar surface area (TPSA) is 54.5 Å². The quantitative estimate of drug-likeness (QED) is 0.563. The normalized spacial score (nSPS) is 27.6. The fourth-order valence-electron chi connectivity index (χ4n) is 2.95. The van der Waals surface area contributed by atoms with Crippen molar-refractivity contribution in [2.24, 2.45) is 11.8 Å². The zero-order valence-corrected chi connectivity index (χ0v) is 11.4. The molecule has 0 aromatic heterocycles. The van der Waals surface area contributed by atoms with Crippen LogP contribution in [0.5, 0.6) is 0 Å². The van der Waals surface area contributed by atoms with Crippen LogP contribution in [-0.2, 0) is 14.4 Å². The maximum atomic E-state index is 12.1. The van der Waals surface area contributed by atoms with Crippen LogP contribution < -0.4 is 0 Å². The zero-order valence-electron chi connectivity index (χ0n) is 11.4. The standard InChI is InChI=1S/C15H21NO3/c1-2-3-13-8-14(18)16(15(13)19)9-11-4-6-12(10-17)7-5-11/h8,10-12H,2-7,9H2,1H3. The van der Waals surface area contributed by atoms with E-state index in [1.165, 1.54) is 11.0 Å². The van der Waals surface area contributed by atoms with E-state index < -0.39 is 0 Å². The van der Waals surface area contributed by atoms with Crippen LogP contribution >= 0.6 is 0 Å². The number of amides is 2. The van der Waals surface area contributed by atoms with Gasteiger partial charge < -0.3 is 4.79 Å². The fourth-order valence-corrected chi connectivity index (χ4v) is 2.95. The van der Waals surface area contributed by atoms with Crippen molar-refractivity contribution in [2.45, 2.75) is 45.4 Å². The number of carbonyl (C=O) groups excluding carboxylic acids is 3. The molecule has 1 saturated carbocycles. The predicted octanol–water partition coefficient (Wildman–Crippen LogP) is 2.09. The summed E-state index contributed by atoms with van der Waals surface area (Å²) in [6.07, 6.45) is 7.72. The molecule has 4 nitrogen and oxygen atoms in total. The van der Waals surface area contributed by atoms with Gasteiger partial charge in [-0.15, -0.1) is 0 Å². The lowest BCUT2D eigenvalue weighted by Crippen LogP contribution is -2.36. The maximum absolute atomic E-state index is 12.1. The molecule has 2 aliphatic rings. The molecule has 1 heterocycles. The largest absolute Gasteiger partial charge is 0.303 e. The van der Waals surface area contributed by atoms with Gasteiger partial charge in [0.2, 0.25) is 0 Å². The van der Waals surface area contributed by atoms with Crippen molar-refractivity contribution in [3.8, 4) is 0 Å². The Hall–Kier alpha value is -1.45. The summed E-state index contributed by atoms with van der Waals surface area (Å²) in [5.74, 6) is 0.267. The summed E-state index contributed by atoms with van der Waals surface area (Å²) in [6, 6.07) is 0. The summed E-state index contributed by atoms with van der Waals surface area (Å²) in [5, 5.41) is 0. The van der Waals surface area contributed by atoms with Crippen molar-refractivity contribution in [3.63, 3.8) is 0 Å². The Bertz CT molecular complexity index is 406. The number of hydrogen-bond acceptors (Lipinski definition) is 3. The van der Waals surface area contributed by atoms with Crippen molar-refractivity contribution in [2.75, 3.05) is 6.54 Å². The predicted molar refractivity (Wildman–Crippen MR) is 71.2 cm³/mol. The molecular weight excluding hydrogens is 242 g/mol. The molecule has 1 aliphatic heterocycles. The molecule has 2 rings (SSSR count). The Morgan fingerprint density at radius 2 is 1.95 bits per heavy atom. The molecule has 0 aromatic rings. The Balaban J connectivity index is 1.89. The fraction of sp³-hybridized carbons (Fsp3) is 0.667. The average molecular weight is 263 g/mol. The maximum Gasteiger partial charge on any atom is 0.256 e. The molecule has 0 atom stereocenters. The van der Waals surface area contributed by atoms with E-state index in [0.29, 0.717) is 24.5 Å². The molecule has 2 amide bonds. The minimum atomic E-state index is -0.161. The number of rotatable bonds is 5. The van der Waals surface area contributed by atoms with Gasteiger partial charge in [0.05, 0.1) is 0 Å². The minimum absolute atomic E-state index is 0.107. The summed E-state index contributed by atoms with van der Waals surface area (Å²) in [7, 11) is 0. The second-order valence-electron chi connectivity index (χ2n) is 5.59. The first-order valence-corrected chi connectivity index (χ1v) is 7.17. The second-order valence-corrected chi connectivity index (χ2v) is 5.59. The summed E-state index contributed by atoms with van der Waals surface area (Å²) < 4.78 is 0. The van der Waals surface area contributed by atoms with Gasteiger partial charge in [0.15, 0.2) is 0 Å². The highest BCUT2D eigenvalue weighted by molar-refractivity contribution is 6.16. The molecule has 0 saturated heterocycles. The van der Waals surface area contributed by atoms with Gasteiger partial charge in [-0.1, -0.05) is 13.3 Å². The molecule has 0 bridgehead atoms. The molecular formula is C15H21NO3. The Morgan fingerprint density at radius 3 is 2.53 bits per heavy atom. The summed E-state index contributed by atoms with van der Waals surface area (Å²) in [6.45, 7) is 2.52. The average Bonchev–Trinajstić information content (AvgIpc) is 2.68. The van der Waals surface area contributed by atoms with Gasteiger partial charge in [0.1, 0.15) is 6.29 Å². The zero-order chi connectivity index (χ0) is 13.8. The number of imide groups is 1. The molecule has 0 N–H and O–H groups in total. The van der Waals surface area contributed by atoms with Gasteiger partial charge in [-0.05, 0) is 38.0 Å². The van der Waals surface area contributed by atoms with Gasteiger partial charge in [-0.2, -0.15) is 0 Å². The Labute approximate surface area is 113 Å². The second kappa shape index (κ2) is 6.13. The lowest BCUT2D eigenvalue weighted by Gasteiger charge is -2.28. The highest BCUT2D eigenvalue weighted by Crippen LogP contribution is 2.29. The van der Waals surface area contributed by atoms with E-state index in [4.69, 9.17) is 0 Å². The van der Waals surface area contributed by atoms with E-state index in [2.05, 4.69) is 0 Å². The number of carbonyl (C=O) groups is 3. The monoisotopic (exact) mass is 263 g/mol. The number of hydrogen-bond donors (Lipinski definition) is 0. The Kier molecular flexibility index (Phi) is 4.51. The third-order valence-electron chi connectivity index (χ3n) is 4.13. The SMILES string of the molecule is CCCC1=CC(=O)N(CC2CCC(C=O)CC2)C1=O. The molecule has 1 fully saturated rings. The van der Waals surface area contributed by atoms with Gasteiger partial charge in [0.25, 0.3) is 11.8 Å². The van der Waals surface area contributed by atoms with Gasteiger partial charge in [-0.3, -0.25) is 14.5 Å². The van der Waals surface area contributed by atoms with Crippen molar-refractivity contribution < 1.29 is 14.4 Å². The van der Waals surface area contributed by atoms with Gasteiger partial charge >= 0.3 is 0 Å². The van der Waals surface area contributed by atoms with Crippen LogP contribution in [0.1, 0.15) is 45.4 Å². The molecule has 0 aromatic carbocycles. The van der Waals surface area contributed by atoms with Crippen molar-refractivity contribution in [1.29, 1.82) is 0 Å². The van der Waals surface area contributed by atoms with E-state index in [1.807, 2.05) is 6.92 Å². The molecule has 1 aliphatic carbocycles. The molecule has 104 valence electrons. The van der Waals surface area contributed by atoms with Crippen molar-refractivity contribution >= 4 is 18.1 Å². The smallest absolute Gasteiger partial charge is 0.256 e. The van der Waals surface area contributed by atoms with Crippen LogP contribution in [0.25, 0.3) is 0 Å². The highest BCUT2D eigenvalue weighted by Gasteiger charge is 2.33. The third-order valence-corrected chi connectivity index (χ3v) is 4.13. The first-order chi connectivity index (χ1) is 9.15. The van der Waals surface area contributed by atoms with Crippen LogP contribution in [-0.4, -0.2) is 29.5 Å². The molecule has 0 radical (unpaired) electrons. The van der Waals surface area contributed by atoms with Gasteiger partial charge in [0, 0.05) is 24.1 Å². The van der Waals surface area contributed by atoms with Crippen molar-refractivity contribution in [1.82, 2.24) is 4.90 Å². The van der Waals surface area contributed by atoms with E-state index in [1.54, 1.807) is 0 Å². The van der Waals surface area contributed by atoms with E-state index >= 15 is 0 Å². The van der Waals surface area contributed by atoms with Crippen LogP contribution in [0.2, 0.25) is 0 Å². The molecule has 0 spiro atoms. The van der Waals surface area contributed by atoms with E-state index in [-0.39, 0.29) is 17.7 Å². The van der Waals surface area contributed by atoms with E-state index in [9.17, 15) is 14.4 Å². The van der Waals surface area contributed by atoms with Crippen LogP contribution in [0.4, 0.5) is 0 Å². The first-order valence-electron chi connectivity index (χ1n) is 7.17. The van der Waals surface area contributed by atoms with E-state index in [0.717, 1.165) is 38.4 Å². The number of aldehydes is 1. The van der Waals surface area contributed by atoms with Gasteiger partial charge in [-0.25, -0.2) is 0 Å². The van der Waals surface area contributed by atoms with Crippen LogP contribution in [0.15, 0.2) is 11.6 Å². The van der Waals surface area contributed by atoms with Crippen LogP contribution in [0.3, 0.4) is 0 Å². The summed E-state index contributed by atoms with van der Waals surface area (Å²) in [4.78, 5) is 36.0. The molecule has 0 unspecified atom stereocenters. The minimum Gasteiger partial charge on any atom is -0.303 e. The molecule has 4 heteroatoms. The third kappa shape index (κ3) is 3.11. The number of nitrogens with zero attached hydrogens (tertiary/aromatic N) is 1. The molecule has 19 heavy (non-hydrogen) atoms. The summed E-state index contributed by atoms with van der Waals surface area (Å²) >= 11 is 0. The van der Waals surface area contributed by atoms with Crippen molar-refractivity contribution in [3.05, 3.63) is 11.6 Å².